The summed E-state index contributed by atoms with van der Waals surface area (Å²) in [4.78, 5) is 26.5. The Labute approximate surface area is 149 Å². The van der Waals surface area contributed by atoms with Gasteiger partial charge in [0.15, 0.2) is 0 Å². The van der Waals surface area contributed by atoms with Crippen LogP contribution in [0.2, 0.25) is 0 Å². The molecule has 0 radical (unpaired) electrons. The van der Waals surface area contributed by atoms with Crippen molar-refractivity contribution in [3.05, 3.63) is 35.4 Å². The quantitative estimate of drug-likeness (QED) is 0.687. The average Bonchev–Trinajstić information content (AvgIpc) is 3.34. The molecule has 1 unspecified atom stereocenters. The van der Waals surface area contributed by atoms with Crippen LogP contribution < -0.4 is 16.0 Å². The highest BCUT2D eigenvalue weighted by Crippen LogP contribution is 2.08. The molecule has 2 heterocycles. The van der Waals surface area contributed by atoms with E-state index in [9.17, 15) is 9.59 Å². The molecule has 1 aromatic carbocycles. The molecule has 136 valence electrons. The van der Waals surface area contributed by atoms with Crippen molar-refractivity contribution in [2.24, 2.45) is 0 Å². The SMILES string of the molecule is O=C(NCCN1CCCC1)c1ccc(CNC(=O)C2CCCN2)cc1. The number of carbonyl (C=O) groups excluding carboxylic acids is 2. The topological polar surface area (TPSA) is 73.5 Å². The zero-order chi connectivity index (χ0) is 17.5. The molecule has 3 N–H and O–H groups in total. The standard InChI is InChI=1S/C19H28N4O2/c24-18(21-10-13-23-11-1-2-12-23)16-7-5-15(6-8-16)14-22-19(25)17-4-3-9-20-17/h5-8,17,20H,1-4,9-14H2,(H,21,24)(H,22,25). The Balaban J connectivity index is 1.39. The Hall–Kier alpha value is -1.92. The number of benzene rings is 1. The van der Waals surface area contributed by atoms with Crippen LogP contribution in [0.15, 0.2) is 24.3 Å². The van der Waals surface area contributed by atoms with Gasteiger partial charge in [0.1, 0.15) is 0 Å². The summed E-state index contributed by atoms with van der Waals surface area (Å²) in [7, 11) is 0. The Kier molecular flexibility index (Phi) is 6.42. The molecule has 0 bridgehead atoms. The summed E-state index contributed by atoms with van der Waals surface area (Å²) in [6.07, 6.45) is 4.49. The molecule has 2 fully saturated rings. The Morgan fingerprint density at radius 1 is 1.08 bits per heavy atom. The fourth-order valence-corrected chi connectivity index (χ4v) is 3.43. The van der Waals surface area contributed by atoms with Crippen LogP contribution in [-0.4, -0.2) is 55.5 Å². The summed E-state index contributed by atoms with van der Waals surface area (Å²) >= 11 is 0. The number of amides is 2. The Morgan fingerprint density at radius 3 is 2.52 bits per heavy atom. The van der Waals surface area contributed by atoms with Gasteiger partial charge in [-0.1, -0.05) is 12.1 Å². The second-order valence-corrected chi connectivity index (χ2v) is 6.87. The van der Waals surface area contributed by atoms with Crippen molar-refractivity contribution in [2.75, 3.05) is 32.7 Å². The van der Waals surface area contributed by atoms with Gasteiger partial charge in [0.2, 0.25) is 5.91 Å². The van der Waals surface area contributed by atoms with E-state index in [1.54, 1.807) is 0 Å². The van der Waals surface area contributed by atoms with Crippen LogP contribution in [0.25, 0.3) is 0 Å². The van der Waals surface area contributed by atoms with Crippen LogP contribution in [0.3, 0.4) is 0 Å². The second-order valence-electron chi connectivity index (χ2n) is 6.87. The molecule has 1 atom stereocenters. The molecular weight excluding hydrogens is 316 g/mol. The van der Waals surface area contributed by atoms with Gasteiger partial charge in [0.25, 0.3) is 5.91 Å². The molecule has 0 saturated carbocycles. The van der Waals surface area contributed by atoms with Crippen molar-refractivity contribution in [3.63, 3.8) is 0 Å². The molecule has 6 heteroatoms. The first-order chi connectivity index (χ1) is 12.2. The lowest BCUT2D eigenvalue weighted by Crippen LogP contribution is -2.40. The highest BCUT2D eigenvalue weighted by Gasteiger charge is 2.21. The lowest BCUT2D eigenvalue weighted by molar-refractivity contribution is -0.122. The van der Waals surface area contributed by atoms with Crippen molar-refractivity contribution in [3.8, 4) is 0 Å². The maximum atomic E-state index is 12.2. The largest absolute Gasteiger partial charge is 0.351 e. The van der Waals surface area contributed by atoms with E-state index in [1.165, 1.54) is 12.8 Å². The number of hydrogen-bond acceptors (Lipinski definition) is 4. The summed E-state index contributed by atoms with van der Waals surface area (Å²) in [5.41, 5.74) is 1.66. The minimum atomic E-state index is -0.0549. The van der Waals surface area contributed by atoms with Gasteiger partial charge in [0.05, 0.1) is 6.04 Å². The van der Waals surface area contributed by atoms with E-state index in [0.717, 1.165) is 44.6 Å². The summed E-state index contributed by atoms with van der Waals surface area (Å²) in [6.45, 7) is 5.31. The molecular formula is C19H28N4O2. The number of hydrogen-bond donors (Lipinski definition) is 3. The van der Waals surface area contributed by atoms with E-state index < -0.39 is 0 Å². The first kappa shape index (κ1) is 17.9. The first-order valence-electron chi connectivity index (χ1n) is 9.33. The fourth-order valence-electron chi connectivity index (χ4n) is 3.43. The summed E-state index contributed by atoms with van der Waals surface area (Å²) in [5.74, 6) is 0.0196. The van der Waals surface area contributed by atoms with Gasteiger partial charge >= 0.3 is 0 Å². The predicted molar refractivity (Wildman–Crippen MR) is 97.3 cm³/mol. The van der Waals surface area contributed by atoms with E-state index in [0.29, 0.717) is 18.7 Å². The number of nitrogens with one attached hydrogen (secondary N) is 3. The zero-order valence-electron chi connectivity index (χ0n) is 14.7. The number of nitrogens with zero attached hydrogens (tertiary/aromatic N) is 1. The summed E-state index contributed by atoms with van der Waals surface area (Å²) in [5, 5.41) is 9.11. The summed E-state index contributed by atoms with van der Waals surface area (Å²) < 4.78 is 0. The number of carbonyl (C=O) groups is 2. The van der Waals surface area contributed by atoms with Crippen molar-refractivity contribution in [2.45, 2.75) is 38.3 Å². The molecule has 25 heavy (non-hydrogen) atoms. The molecule has 0 aliphatic carbocycles. The molecule has 1 aromatic rings. The molecule has 6 nitrogen and oxygen atoms in total. The third-order valence-electron chi connectivity index (χ3n) is 4.97. The van der Waals surface area contributed by atoms with Crippen LogP contribution in [0.1, 0.15) is 41.6 Å². The van der Waals surface area contributed by atoms with Crippen molar-refractivity contribution in [1.29, 1.82) is 0 Å². The smallest absolute Gasteiger partial charge is 0.251 e. The average molecular weight is 344 g/mol. The van der Waals surface area contributed by atoms with Crippen LogP contribution in [0.4, 0.5) is 0 Å². The minimum Gasteiger partial charge on any atom is -0.351 e. The van der Waals surface area contributed by atoms with E-state index in [2.05, 4.69) is 20.9 Å². The van der Waals surface area contributed by atoms with Crippen molar-refractivity contribution < 1.29 is 9.59 Å². The summed E-state index contributed by atoms with van der Waals surface area (Å²) in [6, 6.07) is 7.39. The minimum absolute atomic E-state index is 0.0371. The van der Waals surface area contributed by atoms with Gasteiger partial charge < -0.3 is 20.9 Å². The molecule has 0 aromatic heterocycles. The van der Waals surface area contributed by atoms with E-state index >= 15 is 0 Å². The van der Waals surface area contributed by atoms with Gasteiger partial charge in [-0.05, 0) is 63.0 Å². The lowest BCUT2D eigenvalue weighted by atomic mass is 10.1. The number of rotatable bonds is 7. The van der Waals surface area contributed by atoms with Crippen LogP contribution >= 0.6 is 0 Å². The highest BCUT2D eigenvalue weighted by atomic mass is 16.2. The van der Waals surface area contributed by atoms with Crippen LogP contribution in [0, 0.1) is 0 Å². The van der Waals surface area contributed by atoms with Gasteiger partial charge in [0, 0.05) is 25.2 Å². The maximum absolute atomic E-state index is 12.2. The normalized spacial score (nSPS) is 20.6. The molecule has 3 rings (SSSR count). The molecule has 2 aliphatic heterocycles. The molecule has 0 spiro atoms. The van der Waals surface area contributed by atoms with Crippen molar-refractivity contribution in [1.82, 2.24) is 20.9 Å². The fraction of sp³-hybridized carbons (Fsp3) is 0.579. The Bertz CT molecular complexity index is 576. The monoisotopic (exact) mass is 344 g/mol. The van der Waals surface area contributed by atoms with E-state index in [-0.39, 0.29) is 17.9 Å². The van der Waals surface area contributed by atoms with E-state index in [1.807, 2.05) is 24.3 Å². The van der Waals surface area contributed by atoms with E-state index in [4.69, 9.17) is 0 Å². The third kappa shape index (κ3) is 5.28. The molecule has 2 aliphatic rings. The maximum Gasteiger partial charge on any atom is 0.251 e. The Morgan fingerprint density at radius 2 is 1.84 bits per heavy atom. The second kappa shape index (κ2) is 8.97. The van der Waals surface area contributed by atoms with Gasteiger partial charge in [-0.3, -0.25) is 9.59 Å². The first-order valence-corrected chi connectivity index (χ1v) is 9.33. The molecule has 2 saturated heterocycles. The van der Waals surface area contributed by atoms with Gasteiger partial charge in [-0.2, -0.15) is 0 Å². The van der Waals surface area contributed by atoms with Crippen molar-refractivity contribution >= 4 is 11.8 Å². The lowest BCUT2D eigenvalue weighted by Gasteiger charge is -2.14. The van der Waals surface area contributed by atoms with Gasteiger partial charge in [-0.15, -0.1) is 0 Å². The zero-order valence-corrected chi connectivity index (χ0v) is 14.7. The van der Waals surface area contributed by atoms with Gasteiger partial charge in [-0.25, -0.2) is 0 Å². The number of likely N-dealkylation sites (tertiary alicyclic amines) is 1. The highest BCUT2D eigenvalue weighted by molar-refractivity contribution is 5.94. The third-order valence-corrected chi connectivity index (χ3v) is 4.97. The molecule has 2 amide bonds. The van der Waals surface area contributed by atoms with Crippen LogP contribution in [-0.2, 0) is 11.3 Å². The predicted octanol–water partition coefficient (Wildman–Crippen LogP) is 0.880. The van der Waals surface area contributed by atoms with Crippen LogP contribution in [0.5, 0.6) is 0 Å².